The second-order valence-corrected chi connectivity index (χ2v) is 12.7. The fourth-order valence-corrected chi connectivity index (χ4v) is 6.60. The highest BCUT2D eigenvalue weighted by atomic mass is 19.4. The third-order valence-corrected chi connectivity index (χ3v) is 9.38. The third-order valence-electron chi connectivity index (χ3n) is 9.38. The molecule has 1 fully saturated rings. The Morgan fingerprint density at radius 2 is 1.84 bits per heavy atom. The highest BCUT2D eigenvalue weighted by Gasteiger charge is 2.35. The molecular formula is C35H36F4N8O2. The summed E-state index contributed by atoms with van der Waals surface area (Å²) >= 11 is 0. The molecule has 1 atom stereocenters. The number of anilines is 1. The molecule has 0 spiro atoms. The predicted octanol–water partition coefficient (Wildman–Crippen LogP) is 6.81. The number of likely N-dealkylation sites (N-methyl/N-ethyl adjacent to an activating group) is 1. The van der Waals surface area contributed by atoms with Gasteiger partial charge in [0.05, 0.1) is 35.1 Å². The molecule has 7 rings (SSSR count). The van der Waals surface area contributed by atoms with Gasteiger partial charge in [-0.2, -0.15) is 18.3 Å². The minimum Gasteiger partial charge on any atom is -0.453 e. The molecular weight excluding hydrogens is 640 g/mol. The molecule has 14 heteroatoms. The molecule has 256 valence electrons. The number of nitrogens with zero attached hydrogens (tertiary/aromatic N) is 6. The Labute approximate surface area is 280 Å². The average Bonchev–Trinajstić information content (AvgIpc) is 3.70. The van der Waals surface area contributed by atoms with Gasteiger partial charge in [-0.25, -0.2) is 14.2 Å². The number of benzene rings is 2. The van der Waals surface area contributed by atoms with Crippen LogP contribution in [0.25, 0.3) is 22.3 Å². The first kappa shape index (κ1) is 32.6. The number of fused-ring (bicyclic) bond motifs is 2. The van der Waals surface area contributed by atoms with Crippen molar-refractivity contribution in [2.75, 3.05) is 45.1 Å². The fraction of sp³-hybridized carbons (Fsp3) is 0.343. The standard InChI is InChI=1S/C35H36F4N8O2/c1-21-27-15-26(49-32-28-16-31(24-17-41-45(3)19-24)43-33(28)40-18-30(32)36)7-5-22(27)8-9-47(21)34(48)42-25-6-4-23(29(14-25)35(37,38)39)20-46-12-10-44(2)11-13-46/h4-7,14-19,21H,8-13,20H2,1-3H3,(H,40,43)(H,42,48)/t21-/m0/s1. The van der Waals surface area contributed by atoms with Crippen LogP contribution in [0.15, 0.2) is 61.1 Å². The lowest BCUT2D eigenvalue weighted by molar-refractivity contribution is -0.138. The van der Waals surface area contributed by atoms with E-state index in [1.165, 1.54) is 12.1 Å². The first-order valence-corrected chi connectivity index (χ1v) is 16.1. The van der Waals surface area contributed by atoms with Crippen LogP contribution >= 0.6 is 0 Å². The molecule has 0 aliphatic carbocycles. The van der Waals surface area contributed by atoms with E-state index in [1.54, 1.807) is 41.0 Å². The first-order valence-electron chi connectivity index (χ1n) is 16.1. The van der Waals surface area contributed by atoms with E-state index in [0.717, 1.165) is 42.0 Å². The SMILES string of the molecule is C[C@H]1c2cc(Oc3c(F)cnc4[nH]c(-c5cnn(C)c5)cc34)ccc2CCN1C(=O)Nc1ccc(CN2CCN(C)CC2)c(C(F)(F)F)c1. The molecule has 0 unspecified atom stereocenters. The minimum absolute atomic E-state index is 0.00550. The number of aromatic nitrogens is 4. The molecule has 2 aromatic carbocycles. The number of rotatable bonds is 6. The molecule has 0 saturated carbocycles. The van der Waals surface area contributed by atoms with Gasteiger partial charge in [0.1, 0.15) is 11.4 Å². The molecule has 3 aromatic heterocycles. The van der Waals surface area contributed by atoms with E-state index in [4.69, 9.17) is 4.74 Å². The zero-order chi connectivity index (χ0) is 34.4. The third kappa shape index (κ3) is 6.70. The van der Waals surface area contributed by atoms with Gasteiger partial charge in [-0.05, 0) is 67.4 Å². The molecule has 2 N–H and O–H groups in total. The first-order chi connectivity index (χ1) is 23.4. The molecule has 2 aliphatic heterocycles. The number of carbonyl (C=O) groups is 1. The van der Waals surface area contributed by atoms with Gasteiger partial charge in [0, 0.05) is 63.8 Å². The number of piperazine rings is 1. The predicted molar refractivity (Wildman–Crippen MR) is 177 cm³/mol. The van der Waals surface area contributed by atoms with E-state index in [9.17, 15) is 18.0 Å². The van der Waals surface area contributed by atoms with Crippen LogP contribution in [-0.2, 0) is 26.2 Å². The van der Waals surface area contributed by atoms with Crippen molar-refractivity contribution < 1.29 is 27.1 Å². The van der Waals surface area contributed by atoms with Crippen LogP contribution in [0.5, 0.6) is 11.5 Å². The lowest BCUT2D eigenvalue weighted by Gasteiger charge is -2.35. The summed E-state index contributed by atoms with van der Waals surface area (Å²) in [5.41, 5.74) is 3.26. The van der Waals surface area contributed by atoms with E-state index < -0.39 is 29.6 Å². The second-order valence-electron chi connectivity index (χ2n) is 12.7. The topological polar surface area (TPSA) is 94.5 Å². The summed E-state index contributed by atoms with van der Waals surface area (Å²) in [7, 11) is 3.80. The second kappa shape index (κ2) is 12.8. The van der Waals surface area contributed by atoms with Crippen LogP contribution < -0.4 is 10.1 Å². The summed E-state index contributed by atoms with van der Waals surface area (Å²) in [5, 5.41) is 7.34. The number of hydrogen-bond acceptors (Lipinski definition) is 6. The van der Waals surface area contributed by atoms with Gasteiger partial charge in [0.15, 0.2) is 11.6 Å². The molecule has 5 heterocycles. The lowest BCUT2D eigenvalue weighted by Crippen LogP contribution is -2.44. The molecule has 1 saturated heterocycles. The van der Waals surface area contributed by atoms with Crippen molar-refractivity contribution in [2.24, 2.45) is 7.05 Å². The normalized spacial score (nSPS) is 17.4. The van der Waals surface area contributed by atoms with Crippen molar-refractivity contribution >= 4 is 22.8 Å². The number of pyridine rings is 1. The van der Waals surface area contributed by atoms with Gasteiger partial charge in [0.2, 0.25) is 0 Å². The number of aromatic amines is 1. The van der Waals surface area contributed by atoms with Crippen molar-refractivity contribution in [2.45, 2.75) is 32.1 Å². The summed E-state index contributed by atoms with van der Waals surface area (Å²) in [4.78, 5) is 26.6. The largest absolute Gasteiger partial charge is 0.453 e. The zero-order valence-corrected chi connectivity index (χ0v) is 27.3. The van der Waals surface area contributed by atoms with Crippen molar-refractivity contribution in [3.63, 3.8) is 0 Å². The number of nitrogens with one attached hydrogen (secondary N) is 2. The van der Waals surface area contributed by atoms with Crippen LogP contribution in [0.2, 0.25) is 0 Å². The van der Waals surface area contributed by atoms with E-state index in [1.807, 2.05) is 31.1 Å². The van der Waals surface area contributed by atoms with E-state index in [0.29, 0.717) is 48.5 Å². The lowest BCUT2D eigenvalue weighted by atomic mass is 9.93. The Kier molecular flexibility index (Phi) is 8.53. The number of aryl methyl sites for hydroxylation is 1. The van der Waals surface area contributed by atoms with Crippen LogP contribution in [-0.4, -0.2) is 80.3 Å². The number of carbonyl (C=O) groups excluding carboxylic acids is 1. The number of ether oxygens (including phenoxy) is 1. The van der Waals surface area contributed by atoms with E-state index in [-0.39, 0.29) is 23.5 Å². The Morgan fingerprint density at radius 1 is 1.04 bits per heavy atom. The summed E-state index contributed by atoms with van der Waals surface area (Å²) in [6.45, 7) is 5.37. The zero-order valence-electron chi connectivity index (χ0n) is 27.3. The molecule has 0 radical (unpaired) electrons. The maximum absolute atomic E-state index is 15.1. The molecule has 5 aromatic rings. The van der Waals surface area contributed by atoms with Gasteiger partial charge in [-0.1, -0.05) is 12.1 Å². The number of hydrogen-bond donors (Lipinski definition) is 2. The fourth-order valence-electron chi connectivity index (χ4n) is 6.60. The maximum Gasteiger partial charge on any atom is 0.416 e. The average molecular weight is 677 g/mol. The molecule has 2 aliphatic rings. The Bertz CT molecular complexity index is 2010. The van der Waals surface area contributed by atoms with E-state index in [2.05, 4.69) is 25.3 Å². The summed E-state index contributed by atoms with van der Waals surface area (Å²) in [6, 6.07) is 10.2. The van der Waals surface area contributed by atoms with Gasteiger partial charge in [-0.15, -0.1) is 0 Å². The van der Waals surface area contributed by atoms with Crippen LogP contribution in [0.4, 0.5) is 28.0 Å². The summed E-state index contributed by atoms with van der Waals surface area (Å²) < 4.78 is 65.4. The Morgan fingerprint density at radius 3 is 2.57 bits per heavy atom. The quantitative estimate of drug-likeness (QED) is 0.192. The summed E-state index contributed by atoms with van der Waals surface area (Å²) in [5.74, 6) is -0.260. The molecule has 0 bridgehead atoms. The van der Waals surface area contributed by atoms with Gasteiger partial charge < -0.3 is 24.8 Å². The molecule has 10 nitrogen and oxygen atoms in total. The van der Waals surface area contributed by atoms with Gasteiger partial charge in [-0.3, -0.25) is 9.58 Å². The van der Waals surface area contributed by atoms with E-state index >= 15 is 4.39 Å². The minimum atomic E-state index is -4.57. The van der Waals surface area contributed by atoms with Crippen molar-refractivity contribution in [3.8, 4) is 22.8 Å². The highest BCUT2D eigenvalue weighted by Crippen LogP contribution is 2.39. The summed E-state index contributed by atoms with van der Waals surface area (Å²) in [6.07, 6.45) is 0.572. The number of alkyl halides is 3. The van der Waals surface area contributed by atoms with Crippen molar-refractivity contribution in [3.05, 3.63) is 89.1 Å². The Hall–Kier alpha value is -4.95. The molecule has 2 amide bonds. The van der Waals surface area contributed by atoms with Crippen LogP contribution in [0.3, 0.4) is 0 Å². The van der Waals surface area contributed by atoms with Crippen molar-refractivity contribution in [1.29, 1.82) is 0 Å². The Balaban J connectivity index is 1.09. The number of amides is 2. The van der Waals surface area contributed by atoms with Crippen molar-refractivity contribution in [1.82, 2.24) is 34.4 Å². The monoisotopic (exact) mass is 676 g/mol. The molecule has 49 heavy (non-hydrogen) atoms. The highest BCUT2D eigenvalue weighted by molar-refractivity contribution is 5.90. The van der Waals surface area contributed by atoms with Crippen LogP contribution in [0, 0.1) is 5.82 Å². The van der Waals surface area contributed by atoms with Gasteiger partial charge in [0.25, 0.3) is 0 Å². The number of urea groups is 1. The van der Waals surface area contributed by atoms with Gasteiger partial charge >= 0.3 is 12.2 Å². The van der Waals surface area contributed by atoms with Crippen LogP contribution in [0.1, 0.15) is 35.2 Å². The number of H-pyrrole nitrogens is 1. The maximum atomic E-state index is 15.1. The smallest absolute Gasteiger partial charge is 0.416 e. The number of halogens is 4.